The molecule has 27 heavy (non-hydrogen) atoms. The third-order valence-electron chi connectivity index (χ3n) is 5.63. The first-order chi connectivity index (χ1) is 12.8. The van der Waals surface area contributed by atoms with Crippen LogP contribution in [-0.2, 0) is 16.6 Å². The zero-order valence-electron chi connectivity index (χ0n) is 15.5. The van der Waals surface area contributed by atoms with E-state index in [1.165, 1.54) is 10.4 Å². The molecule has 2 aliphatic rings. The first-order valence-electron chi connectivity index (χ1n) is 9.32. The number of benzene rings is 1. The number of oxime groups is 1. The van der Waals surface area contributed by atoms with E-state index in [-0.39, 0.29) is 35.9 Å². The van der Waals surface area contributed by atoms with E-state index < -0.39 is 10.0 Å². The molecule has 2 heterocycles. The van der Waals surface area contributed by atoms with Crippen molar-refractivity contribution in [2.24, 2.45) is 16.8 Å². The fraction of sp³-hybridized carbons (Fsp3) is 0.611. The average Bonchev–Trinajstić information content (AvgIpc) is 2.65. The zero-order valence-corrected chi connectivity index (χ0v) is 16.3. The van der Waals surface area contributed by atoms with Gasteiger partial charge in [0.25, 0.3) is 0 Å². The van der Waals surface area contributed by atoms with Gasteiger partial charge in [-0.2, -0.15) is 4.31 Å². The van der Waals surface area contributed by atoms with E-state index in [9.17, 15) is 12.8 Å². The molecule has 0 saturated carbocycles. The molecule has 3 N–H and O–H groups in total. The van der Waals surface area contributed by atoms with Gasteiger partial charge in [0, 0.05) is 42.8 Å². The quantitative estimate of drug-likeness (QED) is 0.350. The molecule has 0 amide bonds. The Kier molecular flexibility index (Phi) is 5.90. The van der Waals surface area contributed by atoms with Gasteiger partial charge in [0.15, 0.2) is 0 Å². The molecule has 2 aliphatic heterocycles. The van der Waals surface area contributed by atoms with Crippen LogP contribution < -0.4 is 10.6 Å². The Morgan fingerprint density at radius 2 is 2.04 bits per heavy atom. The van der Waals surface area contributed by atoms with Crippen LogP contribution in [0, 0.1) is 11.7 Å². The predicted octanol–water partition coefficient (Wildman–Crippen LogP) is 2.10. The van der Waals surface area contributed by atoms with Crippen molar-refractivity contribution in [2.75, 3.05) is 23.7 Å². The van der Waals surface area contributed by atoms with Crippen molar-refractivity contribution in [3.05, 3.63) is 29.6 Å². The molecule has 0 aromatic heterocycles. The molecule has 1 unspecified atom stereocenters. The largest absolute Gasteiger partial charge is 0.409 e. The minimum atomic E-state index is -3.32. The maximum Gasteiger partial charge on any atom is 0.214 e. The van der Waals surface area contributed by atoms with Gasteiger partial charge in [-0.05, 0) is 44.7 Å². The molecular weight excluding hydrogens is 371 g/mol. The Morgan fingerprint density at radius 1 is 1.33 bits per heavy atom. The van der Waals surface area contributed by atoms with E-state index >= 15 is 0 Å². The Balaban J connectivity index is 1.69. The highest BCUT2D eigenvalue weighted by Crippen LogP contribution is 2.28. The monoisotopic (exact) mass is 398 g/mol. The van der Waals surface area contributed by atoms with E-state index in [0.29, 0.717) is 25.1 Å². The molecule has 1 aromatic rings. The summed E-state index contributed by atoms with van der Waals surface area (Å²) in [5.74, 6) is 0.0277. The van der Waals surface area contributed by atoms with Crippen molar-refractivity contribution in [2.45, 2.75) is 45.2 Å². The van der Waals surface area contributed by atoms with E-state index in [0.717, 1.165) is 24.9 Å². The van der Waals surface area contributed by atoms with Gasteiger partial charge in [0.05, 0.1) is 5.75 Å². The Hall–Kier alpha value is -1.87. The van der Waals surface area contributed by atoms with Gasteiger partial charge < -0.3 is 15.8 Å². The van der Waals surface area contributed by atoms with Crippen LogP contribution in [0.1, 0.15) is 38.2 Å². The molecule has 9 heteroatoms. The number of rotatable bonds is 4. The maximum atomic E-state index is 14.7. The fourth-order valence-electron chi connectivity index (χ4n) is 3.89. The first-order valence-corrected chi connectivity index (χ1v) is 10.9. The molecule has 150 valence electrons. The summed E-state index contributed by atoms with van der Waals surface area (Å²) in [6, 6.07) is 4.88. The summed E-state index contributed by atoms with van der Waals surface area (Å²) < 4.78 is 40.7. The molecule has 3 rings (SSSR count). The number of hydrogen-bond acceptors (Lipinski definition) is 5. The van der Waals surface area contributed by atoms with Crippen LogP contribution in [0.3, 0.4) is 0 Å². The number of piperidine rings is 1. The first kappa shape index (κ1) is 19.9. The standard InChI is InChI=1S/C18H27FN4O3S/c1-13-3-2-10-27(25,26)23(13)12-15-4-5-16(11-17(15)19)22-8-6-14(7-9-22)18(20)21-24/h4-5,11,13-14,24H,2-3,6-10,12H2,1H3,(H2,20,21). The van der Waals surface area contributed by atoms with Gasteiger partial charge in [-0.25, -0.2) is 12.8 Å². The molecule has 2 saturated heterocycles. The summed E-state index contributed by atoms with van der Waals surface area (Å²) in [5, 5.41) is 11.9. The SMILES string of the molecule is CC1CCCS(=O)(=O)N1Cc1ccc(N2CCC(C(N)=NO)CC2)cc1F. The van der Waals surface area contributed by atoms with Crippen molar-refractivity contribution >= 4 is 21.5 Å². The second kappa shape index (κ2) is 8.02. The topological polar surface area (TPSA) is 99.2 Å². The number of sulfonamides is 1. The molecular formula is C18H27FN4O3S. The van der Waals surface area contributed by atoms with E-state index in [1.54, 1.807) is 6.07 Å². The van der Waals surface area contributed by atoms with Gasteiger partial charge in [-0.1, -0.05) is 11.2 Å². The van der Waals surface area contributed by atoms with Crippen molar-refractivity contribution in [1.29, 1.82) is 0 Å². The molecule has 7 nitrogen and oxygen atoms in total. The van der Waals surface area contributed by atoms with E-state index in [1.807, 2.05) is 13.0 Å². The highest BCUT2D eigenvalue weighted by atomic mass is 32.2. The van der Waals surface area contributed by atoms with Crippen LogP contribution in [0.25, 0.3) is 0 Å². The van der Waals surface area contributed by atoms with Gasteiger partial charge in [0.1, 0.15) is 11.7 Å². The van der Waals surface area contributed by atoms with Crippen molar-refractivity contribution in [3.63, 3.8) is 0 Å². The number of hydrogen-bond donors (Lipinski definition) is 2. The second-order valence-electron chi connectivity index (χ2n) is 7.41. The third kappa shape index (κ3) is 4.35. The second-order valence-corrected chi connectivity index (χ2v) is 9.46. The number of nitrogens with zero attached hydrogens (tertiary/aromatic N) is 3. The third-order valence-corrected chi connectivity index (χ3v) is 7.64. The molecule has 2 fully saturated rings. The summed E-state index contributed by atoms with van der Waals surface area (Å²) in [6.45, 7) is 3.32. The lowest BCUT2D eigenvalue weighted by atomic mass is 9.95. The molecule has 0 radical (unpaired) electrons. The maximum absolute atomic E-state index is 14.7. The minimum Gasteiger partial charge on any atom is -0.409 e. The fourth-order valence-corrected chi connectivity index (χ4v) is 5.65. The average molecular weight is 399 g/mol. The van der Waals surface area contributed by atoms with Crippen molar-refractivity contribution < 1.29 is 18.0 Å². The molecule has 1 atom stereocenters. The summed E-state index contributed by atoms with van der Waals surface area (Å²) in [4.78, 5) is 2.06. The number of anilines is 1. The predicted molar refractivity (Wildman–Crippen MR) is 103 cm³/mol. The number of amidine groups is 1. The van der Waals surface area contributed by atoms with Crippen LogP contribution in [-0.4, -0.2) is 48.7 Å². The molecule has 0 aliphatic carbocycles. The lowest BCUT2D eigenvalue weighted by Crippen LogP contribution is -2.43. The Labute approximate surface area is 159 Å². The summed E-state index contributed by atoms with van der Waals surface area (Å²) >= 11 is 0. The molecule has 0 bridgehead atoms. The van der Waals surface area contributed by atoms with Gasteiger partial charge >= 0.3 is 0 Å². The van der Waals surface area contributed by atoms with Crippen LogP contribution in [0.2, 0.25) is 0 Å². The molecule has 1 aromatic carbocycles. The van der Waals surface area contributed by atoms with Crippen LogP contribution in [0.4, 0.5) is 10.1 Å². The van der Waals surface area contributed by atoms with Crippen LogP contribution in [0.5, 0.6) is 0 Å². The summed E-state index contributed by atoms with van der Waals surface area (Å²) in [5.41, 5.74) is 6.82. The zero-order chi connectivity index (χ0) is 19.6. The van der Waals surface area contributed by atoms with Gasteiger partial charge in [-0.15, -0.1) is 0 Å². The minimum absolute atomic E-state index is 0.0427. The van der Waals surface area contributed by atoms with Crippen LogP contribution >= 0.6 is 0 Å². The van der Waals surface area contributed by atoms with Crippen molar-refractivity contribution in [1.82, 2.24) is 4.31 Å². The van der Waals surface area contributed by atoms with Crippen LogP contribution in [0.15, 0.2) is 23.4 Å². The lowest BCUT2D eigenvalue weighted by Gasteiger charge is -2.34. The lowest BCUT2D eigenvalue weighted by molar-refractivity contribution is 0.293. The highest BCUT2D eigenvalue weighted by molar-refractivity contribution is 7.89. The van der Waals surface area contributed by atoms with Gasteiger partial charge in [-0.3, -0.25) is 0 Å². The van der Waals surface area contributed by atoms with Gasteiger partial charge in [0.2, 0.25) is 10.0 Å². The number of nitrogens with two attached hydrogens (primary N) is 1. The van der Waals surface area contributed by atoms with E-state index in [4.69, 9.17) is 10.9 Å². The number of halogens is 1. The molecule has 0 spiro atoms. The smallest absolute Gasteiger partial charge is 0.214 e. The highest BCUT2D eigenvalue weighted by Gasteiger charge is 2.32. The summed E-state index contributed by atoms with van der Waals surface area (Å²) in [7, 11) is -3.32. The summed E-state index contributed by atoms with van der Waals surface area (Å²) in [6.07, 6.45) is 2.93. The Bertz CT molecular complexity index is 807. The van der Waals surface area contributed by atoms with E-state index in [2.05, 4.69) is 10.1 Å². The van der Waals surface area contributed by atoms with Crippen molar-refractivity contribution in [3.8, 4) is 0 Å². The normalized spacial score (nSPS) is 24.9. The Morgan fingerprint density at radius 3 is 2.63 bits per heavy atom.